The molecule has 2 amide bonds. The van der Waals surface area contributed by atoms with Crippen molar-refractivity contribution in [2.75, 3.05) is 24.6 Å². The Morgan fingerprint density at radius 2 is 1.96 bits per heavy atom. The van der Waals surface area contributed by atoms with Gasteiger partial charge in [-0.1, -0.05) is 36.3 Å². The SMILES string of the molecule is C#CCn1c(C(=O)NCCN2C(=O)COc3ccccc32)cc2ccccc21. The second-order valence-electron chi connectivity index (χ2n) is 6.44. The van der Waals surface area contributed by atoms with E-state index in [0.29, 0.717) is 31.1 Å². The summed E-state index contributed by atoms with van der Waals surface area (Å²) in [5.41, 5.74) is 2.14. The zero-order valence-corrected chi connectivity index (χ0v) is 15.2. The quantitative estimate of drug-likeness (QED) is 0.699. The normalized spacial score (nSPS) is 13.0. The lowest BCUT2D eigenvalue weighted by molar-refractivity contribution is -0.121. The molecule has 2 heterocycles. The van der Waals surface area contributed by atoms with Crippen molar-refractivity contribution in [3.8, 4) is 18.1 Å². The standard InChI is InChI=1S/C22H19N3O3/c1-2-12-24-17-8-4-3-7-16(17)14-19(24)22(27)23-11-13-25-18-9-5-6-10-20(18)28-15-21(25)26/h1,3-10,14H,11-13,15H2,(H,23,27). The Labute approximate surface area is 162 Å². The average Bonchev–Trinajstić information content (AvgIpc) is 3.09. The lowest BCUT2D eigenvalue weighted by Crippen LogP contribution is -2.43. The zero-order chi connectivity index (χ0) is 19.5. The Balaban J connectivity index is 1.49. The summed E-state index contributed by atoms with van der Waals surface area (Å²) in [5.74, 6) is 2.92. The molecule has 6 heteroatoms. The van der Waals surface area contributed by atoms with Gasteiger partial charge in [0.15, 0.2) is 6.61 Å². The monoisotopic (exact) mass is 373 g/mol. The molecular weight excluding hydrogens is 354 g/mol. The van der Waals surface area contributed by atoms with Crippen molar-refractivity contribution in [1.29, 1.82) is 0 Å². The van der Waals surface area contributed by atoms with Crippen molar-refractivity contribution in [1.82, 2.24) is 9.88 Å². The van der Waals surface area contributed by atoms with Gasteiger partial charge < -0.3 is 19.5 Å². The van der Waals surface area contributed by atoms with Crippen LogP contribution in [0.2, 0.25) is 0 Å². The molecule has 0 bridgehead atoms. The van der Waals surface area contributed by atoms with Crippen molar-refractivity contribution >= 4 is 28.4 Å². The highest BCUT2D eigenvalue weighted by molar-refractivity contribution is 5.99. The van der Waals surface area contributed by atoms with E-state index in [1.54, 1.807) is 4.90 Å². The number of anilines is 1. The third-order valence-electron chi connectivity index (χ3n) is 4.72. The van der Waals surface area contributed by atoms with Crippen molar-refractivity contribution in [2.24, 2.45) is 0 Å². The summed E-state index contributed by atoms with van der Waals surface area (Å²) in [5, 5.41) is 3.85. The van der Waals surface area contributed by atoms with E-state index in [4.69, 9.17) is 11.2 Å². The highest BCUT2D eigenvalue weighted by Crippen LogP contribution is 2.31. The second kappa shape index (κ2) is 7.49. The summed E-state index contributed by atoms with van der Waals surface area (Å²) in [6, 6.07) is 16.9. The minimum absolute atomic E-state index is 0.00136. The van der Waals surface area contributed by atoms with Gasteiger partial charge in [-0.2, -0.15) is 0 Å². The molecule has 3 aromatic rings. The zero-order valence-electron chi connectivity index (χ0n) is 15.2. The molecule has 1 aliphatic rings. The van der Waals surface area contributed by atoms with E-state index in [1.165, 1.54) is 0 Å². The summed E-state index contributed by atoms with van der Waals surface area (Å²) in [6.07, 6.45) is 5.48. The molecule has 0 unspecified atom stereocenters. The van der Waals surface area contributed by atoms with Crippen LogP contribution in [-0.4, -0.2) is 36.1 Å². The molecule has 1 aliphatic heterocycles. The van der Waals surface area contributed by atoms with Gasteiger partial charge in [-0.25, -0.2) is 0 Å². The van der Waals surface area contributed by atoms with Crippen LogP contribution in [0.15, 0.2) is 54.6 Å². The lowest BCUT2D eigenvalue weighted by Gasteiger charge is -2.29. The molecule has 6 nitrogen and oxygen atoms in total. The Morgan fingerprint density at radius 3 is 2.82 bits per heavy atom. The van der Waals surface area contributed by atoms with Crippen molar-refractivity contribution < 1.29 is 14.3 Å². The maximum atomic E-state index is 12.8. The van der Waals surface area contributed by atoms with E-state index < -0.39 is 0 Å². The van der Waals surface area contributed by atoms with Gasteiger partial charge in [0.25, 0.3) is 11.8 Å². The number of terminal acetylenes is 1. The number of hydrogen-bond donors (Lipinski definition) is 1. The molecule has 0 fully saturated rings. The number of aromatic nitrogens is 1. The first-order valence-corrected chi connectivity index (χ1v) is 9.01. The van der Waals surface area contributed by atoms with Crippen LogP contribution in [0.3, 0.4) is 0 Å². The summed E-state index contributed by atoms with van der Waals surface area (Å²) in [4.78, 5) is 26.6. The predicted octanol–water partition coefficient (Wildman–Crippen LogP) is 2.43. The summed E-state index contributed by atoms with van der Waals surface area (Å²) >= 11 is 0. The second-order valence-corrected chi connectivity index (χ2v) is 6.44. The number of ether oxygens (including phenoxy) is 1. The summed E-state index contributed by atoms with van der Waals surface area (Å²) in [6.45, 7) is 0.990. The highest BCUT2D eigenvalue weighted by atomic mass is 16.5. The van der Waals surface area contributed by atoms with E-state index >= 15 is 0 Å². The Morgan fingerprint density at radius 1 is 1.18 bits per heavy atom. The number of carbonyl (C=O) groups is 2. The molecule has 0 atom stereocenters. The van der Waals surface area contributed by atoms with Crippen LogP contribution >= 0.6 is 0 Å². The van der Waals surface area contributed by atoms with Crippen LogP contribution in [0.5, 0.6) is 5.75 Å². The fourth-order valence-corrected chi connectivity index (χ4v) is 3.43. The van der Waals surface area contributed by atoms with Crippen molar-refractivity contribution in [2.45, 2.75) is 6.54 Å². The van der Waals surface area contributed by atoms with E-state index in [-0.39, 0.29) is 18.4 Å². The number of benzene rings is 2. The topological polar surface area (TPSA) is 63.6 Å². The fourth-order valence-electron chi connectivity index (χ4n) is 3.43. The first-order chi connectivity index (χ1) is 13.7. The van der Waals surface area contributed by atoms with Gasteiger partial charge in [0.1, 0.15) is 11.4 Å². The van der Waals surface area contributed by atoms with Crippen LogP contribution in [0.4, 0.5) is 5.69 Å². The number of fused-ring (bicyclic) bond motifs is 2. The molecular formula is C22H19N3O3. The van der Waals surface area contributed by atoms with Crippen molar-refractivity contribution in [3.63, 3.8) is 0 Å². The number of carbonyl (C=O) groups excluding carboxylic acids is 2. The minimum Gasteiger partial charge on any atom is -0.482 e. The average molecular weight is 373 g/mol. The Kier molecular flexibility index (Phi) is 4.73. The van der Waals surface area contributed by atoms with E-state index in [0.717, 1.165) is 16.6 Å². The van der Waals surface area contributed by atoms with E-state index in [9.17, 15) is 9.59 Å². The van der Waals surface area contributed by atoms with Crippen LogP contribution in [0.25, 0.3) is 10.9 Å². The van der Waals surface area contributed by atoms with Crippen LogP contribution in [-0.2, 0) is 11.3 Å². The third kappa shape index (κ3) is 3.19. The predicted molar refractivity (Wildman–Crippen MR) is 107 cm³/mol. The van der Waals surface area contributed by atoms with Gasteiger partial charge in [-0.05, 0) is 24.3 Å². The number of hydrogen-bond acceptors (Lipinski definition) is 3. The minimum atomic E-state index is -0.222. The van der Waals surface area contributed by atoms with Gasteiger partial charge in [0.2, 0.25) is 0 Å². The smallest absolute Gasteiger partial charge is 0.268 e. The largest absolute Gasteiger partial charge is 0.482 e. The van der Waals surface area contributed by atoms with E-state index in [2.05, 4.69) is 11.2 Å². The van der Waals surface area contributed by atoms with E-state index in [1.807, 2.05) is 59.2 Å². The van der Waals surface area contributed by atoms with Gasteiger partial charge in [0, 0.05) is 24.0 Å². The first kappa shape index (κ1) is 17.7. The molecule has 1 aromatic heterocycles. The van der Waals surface area contributed by atoms with Gasteiger partial charge in [-0.3, -0.25) is 9.59 Å². The van der Waals surface area contributed by atoms with Gasteiger partial charge in [0.05, 0.1) is 12.2 Å². The molecule has 1 N–H and O–H groups in total. The molecule has 0 spiro atoms. The fraction of sp³-hybridized carbons (Fsp3) is 0.182. The van der Waals surface area contributed by atoms with Gasteiger partial charge in [-0.15, -0.1) is 6.42 Å². The number of amides is 2. The van der Waals surface area contributed by atoms with Gasteiger partial charge >= 0.3 is 0 Å². The molecule has 0 aliphatic carbocycles. The molecule has 0 saturated carbocycles. The summed E-state index contributed by atoms with van der Waals surface area (Å²) < 4.78 is 7.26. The number of rotatable bonds is 5. The molecule has 0 radical (unpaired) electrons. The number of para-hydroxylation sites is 3. The summed E-state index contributed by atoms with van der Waals surface area (Å²) in [7, 11) is 0. The number of nitrogens with zero attached hydrogens (tertiary/aromatic N) is 2. The van der Waals surface area contributed by atoms with Crippen molar-refractivity contribution in [3.05, 3.63) is 60.3 Å². The highest BCUT2D eigenvalue weighted by Gasteiger charge is 2.25. The maximum Gasteiger partial charge on any atom is 0.268 e. The molecule has 28 heavy (non-hydrogen) atoms. The maximum absolute atomic E-state index is 12.8. The Hall–Kier alpha value is -3.72. The Bertz CT molecular complexity index is 1090. The first-order valence-electron chi connectivity index (χ1n) is 9.01. The van der Waals surface area contributed by atoms with Crippen LogP contribution in [0.1, 0.15) is 10.5 Å². The third-order valence-corrected chi connectivity index (χ3v) is 4.72. The molecule has 0 saturated heterocycles. The lowest BCUT2D eigenvalue weighted by atomic mass is 10.2. The molecule has 2 aromatic carbocycles. The van der Waals surface area contributed by atoms with Crippen LogP contribution in [0, 0.1) is 12.3 Å². The molecule has 140 valence electrons. The van der Waals surface area contributed by atoms with Crippen LogP contribution < -0.4 is 15.0 Å². The number of nitrogens with one attached hydrogen (secondary N) is 1. The molecule has 4 rings (SSSR count).